The van der Waals surface area contributed by atoms with Crippen LogP contribution in [0.1, 0.15) is 26.3 Å². The van der Waals surface area contributed by atoms with Gasteiger partial charge in [0.2, 0.25) is 0 Å². The number of ether oxygens (including phenoxy) is 1. The van der Waals surface area contributed by atoms with Crippen LogP contribution in [0.25, 0.3) is 10.8 Å². The molecule has 0 spiro atoms. The Morgan fingerprint density at radius 1 is 1.06 bits per heavy atom. The number of halogens is 2. The second-order valence-corrected chi connectivity index (χ2v) is 11.1. The number of oxime groups is 1. The molecule has 3 N–H and O–H groups in total. The first-order valence-corrected chi connectivity index (χ1v) is 12.2. The van der Waals surface area contributed by atoms with E-state index in [1.807, 2.05) is 0 Å². The second kappa shape index (κ2) is 9.69. The van der Waals surface area contributed by atoms with Gasteiger partial charge in [0.05, 0.1) is 10.6 Å². The lowest BCUT2D eigenvalue weighted by atomic mass is 10.0. The number of nitrogens with two attached hydrogens (primary N) is 1. The number of benzene rings is 3. The summed E-state index contributed by atoms with van der Waals surface area (Å²) in [6.07, 6.45) is 0. The summed E-state index contributed by atoms with van der Waals surface area (Å²) in [6, 6.07) is 13.7. The van der Waals surface area contributed by atoms with Crippen molar-refractivity contribution in [2.75, 3.05) is 10.8 Å². The van der Waals surface area contributed by atoms with Gasteiger partial charge in [-0.2, -0.15) is 0 Å². The number of hydrogen-bond acceptors (Lipinski definition) is 6. The average Bonchev–Trinajstić information content (AvgIpc) is 2.74. The van der Waals surface area contributed by atoms with Crippen molar-refractivity contribution < 1.29 is 23.2 Å². The van der Waals surface area contributed by atoms with Gasteiger partial charge < -0.3 is 15.7 Å². The van der Waals surface area contributed by atoms with Crippen molar-refractivity contribution in [1.82, 2.24) is 0 Å². The molecule has 0 aliphatic carbocycles. The minimum atomic E-state index is -4.33. The van der Waals surface area contributed by atoms with Crippen LogP contribution in [0.5, 0.6) is 0 Å². The Morgan fingerprint density at radius 3 is 2.24 bits per heavy atom. The first-order chi connectivity index (χ1) is 15.8. The third-order valence-electron chi connectivity index (χ3n) is 4.67. The molecule has 0 saturated heterocycles. The Labute approximate surface area is 207 Å². The van der Waals surface area contributed by atoms with Gasteiger partial charge >= 0.3 is 5.97 Å². The van der Waals surface area contributed by atoms with Gasteiger partial charge in [0.15, 0.2) is 5.84 Å². The van der Waals surface area contributed by atoms with E-state index in [0.717, 1.165) is 4.31 Å². The van der Waals surface area contributed by atoms with Gasteiger partial charge in [-0.15, -0.1) is 0 Å². The average molecular weight is 524 g/mol. The number of hydrogen-bond donors (Lipinski definition) is 2. The molecule has 0 unspecified atom stereocenters. The van der Waals surface area contributed by atoms with E-state index in [1.54, 1.807) is 57.2 Å². The number of anilines is 1. The molecule has 3 rings (SSSR count). The molecule has 11 heteroatoms. The van der Waals surface area contributed by atoms with Crippen molar-refractivity contribution >= 4 is 61.5 Å². The van der Waals surface area contributed by atoms with Gasteiger partial charge in [-0.05, 0) is 50.4 Å². The highest BCUT2D eigenvalue weighted by atomic mass is 35.5. The number of amidine groups is 1. The van der Waals surface area contributed by atoms with Crippen LogP contribution in [-0.4, -0.2) is 37.6 Å². The Hall–Kier alpha value is -3.01. The molecule has 0 aromatic heterocycles. The van der Waals surface area contributed by atoms with E-state index in [9.17, 15) is 13.2 Å². The van der Waals surface area contributed by atoms with Crippen molar-refractivity contribution in [1.29, 1.82) is 0 Å². The van der Waals surface area contributed by atoms with Crippen LogP contribution in [-0.2, 0) is 19.6 Å². The number of carbonyl (C=O) groups is 1. The topological polar surface area (TPSA) is 122 Å². The number of rotatable bonds is 6. The zero-order valence-corrected chi connectivity index (χ0v) is 20.9. The van der Waals surface area contributed by atoms with E-state index in [0.29, 0.717) is 16.3 Å². The van der Waals surface area contributed by atoms with E-state index in [2.05, 4.69) is 5.16 Å². The van der Waals surface area contributed by atoms with Crippen molar-refractivity contribution in [2.45, 2.75) is 31.3 Å². The molecule has 3 aromatic carbocycles. The van der Waals surface area contributed by atoms with E-state index in [4.69, 9.17) is 38.9 Å². The zero-order valence-electron chi connectivity index (χ0n) is 18.6. The van der Waals surface area contributed by atoms with E-state index in [1.165, 1.54) is 18.2 Å². The van der Waals surface area contributed by atoms with Crippen LogP contribution in [0.2, 0.25) is 10.0 Å². The molecule has 8 nitrogen and oxygen atoms in total. The smallest absolute Gasteiger partial charge is 0.327 e. The number of esters is 1. The zero-order chi connectivity index (χ0) is 25.3. The summed E-state index contributed by atoms with van der Waals surface area (Å²) in [6.45, 7) is 4.43. The third kappa shape index (κ3) is 5.55. The summed E-state index contributed by atoms with van der Waals surface area (Å²) in [5, 5.41) is 13.4. The Balaban J connectivity index is 2.26. The molecular formula is C23H23Cl2N3O5S. The van der Waals surface area contributed by atoms with E-state index < -0.39 is 28.1 Å². The van der Waals surface area contributed by atoms with Crippen molar-refractivity contribution in [3.8, 4) is 0 Å². The second-order valence-electron chi connectivity index (χ2n) is 8.37. The standard InChI is InChI=1S/C23H23Cl2N3O5S/c1-23(2,3)33-21(29)13-28(34(31,32)16-11-14(24)10-15(25)12-16)20-9-5-6-17-18(20)7-4-8-19(17)22(26)27-30/h4-12,30H,13H2,1-3H3,(H2,26,27). The van der Waals surface area contributed by atoms with Gasteiger partial charge in [-0.25, -0.2) is 8.42 Å². The first kappa shape index (κ1) is 25.6. The molecule has 0 aliphatic heterocycles. The molecular weight excluding hydrogens is 501 g/mol. The van der Waals surface area contributed by atoms with Crippen LogP contribution < -0.4 is 10.0 Å². The molecule has 0 saturated carbocycles. The maximum atomic E-state index is 13.8. The van der Waals surface area contributed by atoms with E-state index in [-0.39, 0.29) is 26.5 Å². The maximum Gasteiger partial charge on any atom is 0.327 e. The van der Waals surface area contributed by atoms with Crippen molar-refractivity contribution in [2.24, 2.45) is 10.9 Å². The quantitative estimate of drug-likeness (QED) is 0.157. The molecule has 180 valence electrons. The highest BCUT2D eigenvalue weighted by Gasteiger charge is 2.31. The van der Waals surface area contributed by atoms with Crippen LogP contribution in [0.4, 0.5) is 5.69 Å². The predicted molar refractivity (Wildman–Crippen MR) is 133 cm³/mol. The minimum absolute atomic E-state index is 0.121. The van der Waals surface area contributed by atoms with Crippen molar-refractivity contribution in [3.05, 3.63) is 70.2 Å². The molecule has 0 amide bonds. The van der Waals surface area contributed by atoms with Gasteiger partial charge in [0.25, 0.3) is 10.0 Å². The maximum absolute atomic E-state index is 13.8. The summed E-state index contributed by atoms with van der Waals surface area (Å²) in [4.78, 5) is 12.6. The SMILES string of the molecule is CC(C)(C)OC(=O)CN(c1cccc2c(/C(N)=N/O)cccc12)S(=O)(=O)c1cc(Cl)cc(Cl)c1. The normalized spacial score (nSPS) is 12.6. The summed E-state index contributed by atoms with van der Waals surface area (Å²) in [7, 11) is -4.33. The summed E-state index contributed by atoms with van der Waals surface area (Å²) >= 11 is 12.1. The van der Waals surface area contributed by atoms with Gasteiger partial charge in [0, 0.05) is 21.0 Å². The first-order valence-electron chi connectivity index (χ1n) is 10.0. The largest absolute Gasteiger partial charge is 0.459 e. The van der Waals surface area contributed by atoms with Crippen molar-refractivity contribution in [3.63, 3.8) is 0 Å². The lowest BCUT2D eigenvalue weighted by Crippen LogP contribution is -2.39. The van der Waals surface area contributed by atoms with Crippen LogP contribution in [0.3, 0.4) is 0 Å². The molecule has 0 aliphatic rings. The number of fused-ring (bicyclic) bond motifs is 1. The van der Waals surface area contributed by atoms with Gasteiger partial charge in [-0.1, -0.05) is 58.7 Å². The molecule has 0 atom stereocenters. The molecule has 0 fully saturated rings. The van der Waals surface area contributed by atoms with E-state index >= 15 is 0 Å². The third-order valence-corrected chi connectivity index (χ3v) is 6.84. The van der Waals surface area contributed by atoms with Crippen LogP contribution in [0.15, 0.2) is 64.6 Å². The monoisotopic (exact) mass is 523 g/mol. The number of nitrogens with zero attached hydrogens (tertiary/aromatic N) is 2. The molecule has 0 radical (unpaired) electrons. The number of sulfonamides is 1. The lowest BCUT2D eigenvalue weighted by Gasteiger charge is -2.27. The van der Waals surface area contributed by atoms with Gasteiger partial charge in [-0.3, -0.25) is 9.10 Å². The highest BCUT2D eigenvalue weighted by molar-refractivity contribution is 7.93. The van der Waals surface area contributed by atoms with Gasteiger partial charge in [0.1, 0.15) is 12.1 Å². The fraction of sp³-hybridized carbons (Fsp3) is 0.217. The van der Waals surface area contributed by atoms with Crippen LogP contribution >= 0.6 is 23.2 Å². The molecule has 0 bridgehead atoms. The highest BCUT2D eigenvalue weighted by Crippen LogP contribution is 2.34. The molecule has 3 aromatic rings. The minimum Gasteiger partial charge on any atom is -0.459 e. The molecule has 0 heterocycles. The fourth-order valence-corrected chi connectivity index (χ4v) is 5.54. The Kier molecular flexibility index (Phi) is 7.30. The Bertz CT molecular complexity index is 1360. The Morgan fingerprint density at radius 2 is 1.65 bits per heavy atom. The summed E-state index contributed by atoms with van der Waals surface area (Å²) < 4.78 is 33.9. The lowest BCUT2D eigenvalue weighted by molar-refractivity contribution is -0.152. The predicted octanol–water partition coefficient (Wildman–Crippen LogP) is 4.78. The number of carbonyl (C=O) groups excluding carboxylic acids is 1. The molecule has 34 heavy (non-hydrogen) atoms. The summed E-state index contributed by atoms with van der Waals surface area (Å²) in [5.41, 5.74) is 5.56. The summed E-state index contributed by atoms with van der Waals surface area (Å²) in [5.74, 6) is -0.903. The van der Waals surface area contributed by atoms with Crippen LogP contribution in [0, 0.1) is 0 Å². The fourth-order valence-electron chi connectivity index (χ4n) is 3.38.